The number of ether oxygens (including phenoxy) is 2. The van der Waals surface area contributed by atoms with Crippen molar-refractivity contribution in [3.8, 4) is 0 Å². The fourth-order valence-corrected chi connectivity index (χ4v) is 3.24. The molecule has 0 aliphatic carbocycles. The van der Waals surface area contributed by atoms with Gasteiger partial charge >= 0.3 is 11.9 Å². The molecule has 0 aromatic carbocycles. The number of carboxylic acid groups (broad SMARTS) is 1. The highest BCUT2D eigenvalue weighted by Crippen LogP contribution is 2.13. The maximum Gasteiger partial charge on any atom is 0.331 e. The van der Waals surface area contributed by atoms with E-state index in [-0.39, 0.29) is 6.61 Å². The average Bonchev–Trinajstić information content (AvgIpc) is 2.70. The molecule has 29 heavy (non-hydrogen) atoms. The lowest BCUT2D eigenvalue weighted by Crippen LogP contribution is -2.09. The van der Waals surface area contributed by atoms with E-state index in [1.54, 1.807) is 0 Å². The maximum atomic E-state index is 11.1. The van der Waals surface area contributed by atoms with E-state index in [0.717, 1.165) is 18.6 Å². The molecule has 5 nitrogen and oxygen atoms in total. The van der Waals surface area contributed by atoms with Gasteiger partial charge in [-0.05, 0) is 6.42 Å². The smallest absolute Gasteiger partial charge is 0.331 e. The molecule has 1 N–H and O–H groups in total. The summed E-state index contributed by atoms with van der Waals surface area (Å²) in [5.74, 6) is -1.82. The van der Waals surface area contributed by atoms with Crippen LogP contribution in [-0.2, 0) is 19.1 Å². The number of unbranched alkanes of at least 4 members (excludes halogenated alkanes) is 15. The van der Waals surface area contributed by atoms with Crippen molar-refractivity contribution in [3.05, 3.63) is 12.2 Å². The Balaban J connectivity index is 3.12. The van der Waals surface area contributed by atoms with Crippen LogP contribution in [0.1, 0.15) is 110 Å². The van der Waals surface area contributed by atoms with Gasteiger partial charge in [0, 0.05) is 18.8 Å². The highest BCUT2D eigenvalue weighted by molar-refractivity contribution is 5.90. The second-order valence-corrected chi connectivity index (χ2v) is 7.75. The molecule has 170 valence electrons. The standard InChI is InChI=1S/C24H44O5/c1-2-3-4-5-6-7-8-9-10-11-12-13-14-15-16-17-20-28-21-22-29-24(27)19-18-23(25)26/h18-19H,2-17,20-22H2,1H3,(H,25,26)/b19-18-. The first-order chi connectivity index (χ1) is 14.2. The zero-order valence-corrected chi connectivity index (χ0v) is 18.7. The van der Waals surface area contributed by atoms with E-state index in [1.165, 1.54) is 96.3 Å². The van der Waals surface area contributed by atoms with E-state index in [9.17, 15) is 9.59 Å². The Labute approximate surface area is 178 Å². The average molecular weight is 413 g/mol. The van der Waals surface area contributed by atoms with Gasteiger partial charge in [-0.25, -0.2) is 9.59 Å². The minimum Gasteiger partial charge on any atom is -0.478 e. The maximum absolute atomic E-state index is 11.1. The van der Waals surface area contributed by atoms with Crippen LogP contribution < -0.4 is 0 Å². The van der Waals surface area contributed by atoms with Crippen LogP contribution in [0.5, 0.6) is 0 Å². The second kappa shape index (κ2) is 22.9. The lowest BCUT2D eigenvalue weighted by molar-refractivity contribution is -0.140. The molecule has 0 fully saturated rings. The monoisotopic (exact) mass is 412 g/mol. The van der Waals surface area contributed by atoms with Crippen LogP contribution in [0.3, 0.4) is 0 Å². The summed E-state index contributed by atoms with van der Waals surface area (Å²) in [7, 11) is 0. The third-order valence-corrected chi connectivity index (χ3v) is 4.98. The lowest BCUT2D eigenvalue weighted by atomic mass is 10.0. The first-order valence-corrected chi connectivity index (χ1v) is 11.8. The molecule has 0 saturated carbocycles. The van der Waals surface area contributed by atoms with Gasteiger partial charge in [0.15, 0.2) is 0 Å². The van der Waals surface area contributed by atoms with Gasteiger partial charge in [0.05, 0.1) is 6.61 Å². The van der Waals surface area contributed by atoms with Crippen molar-refractivity contribution in [2.75, 3.05) is 19.8 Å². The van der Waals surface area contributed by atoms with Gasteiger partial charge in [-0.3, -0.25) is 0 Å². The number of carboxylic acids is 1. The van der Waals surface area contributed by atoms with Gasteiger partial charge < -0.3 is 14.6 Å². The molecule has 0 aliphatic rings. The number of carbonyl (C=O) groups excluding carboxylic acids is 1. The molecule has 0 spiro atoms. The Kier molecular flexibility index (Phi) is 21.8. The summed E-state index contributed by atoms with van der Waals surface area (Å²) in [4.78, 5) is 21.4. The molecule has 0 rings (SSSR count). The molecule has 0 aromatic rings. The third kappa shape index (κ3) is 24.6. The van der Waals surface area contributed by atoms with Gasteiger partial charge in [0.1, 0.15) is 6.61 Å². The van der Waals surface area contributed by atoms with Gasteiger partial charge in [-0.1, -0.05) is 103 Å². The van der Waals surface area contributed by atoms with E-state index in [1.807, 2.05) is 0 Å². The summed E-state index contributed by atoms with van der Waals surface area (Å²) < 4.78 is 10.2. The second-order valence-electron chi connectivity index (χ2n) is 7.75. The Morgan fingerprint density at radius 2 is 1.07 bits per heavy atom. The molecular formula is C24H44O5. The first kappa shape index (κ1) is 27.6. The molecule has 0 bridgehead atoms. The minimum absolute atomic E-state index is 0.154. The minimum atomic E-state index is -1.17. The predicted molar refractivity (Wildman–Crippen MR) is 118 cm³/mol. The lowest BCUT2D eigenvalue weighted by Gasteiger charge is -2.05. The van der Waals surface area contributed by atoms with Crippen molar-refractivity contribution in [3.63, 3.8) is 0 Å². The topological polar surface area (TPSA) is 72.8 Å². The number of hydrogen-bond donors (Lipinski definition) is 1. The molecular weight excluding hydrogens is 368 g/mol. The van der Waals surface area contributed by atoms with E-state index >= 15 is 0 Å². The van der Waals surface area contributed by atoms with Crippen molar-refractivity contribution >= 4 is 11.9 Å². The number of aliphatic carboxylic acids is 1. The van der Waals surface area contributed by atoms with Crippen LogP contribution >= 0.6 is 0 Å². The van der Waals surface area contributed by atoms with Crippen LogP contribution in [0, 0.1) is 0 Å². The van der Waals surface area contributed by atoms with E-state index in [4.69, 9.17) is 14.6 Å². The van der Waals surface area contributed by atoms with E-state index in [0.29, 0.717) is 13.2 Å². The van der Waals surface area contributed by atoms with Crippen molar-refractivity contribution in [1.29, 1.82) is 0 Å². The Morgan fingerprint density at radius 1 is 0.621 bits per heavy atom. The number of esters is 1. The Morgan fingerprint density at radius 3 is 1.52 bits per heavy atom. The molecule has 0 amide bonds. The molecule has 0 saturated heterocycles. The molecule has 0 unspecified atom stereocenters. The van der Waals surface area contributed by atoms with Crippen LogP contribution in [0.2, 0.25) is 0 Å². The molecule has 0 atom stereocenters. The van der Waals surface area contributed by atoms with Crippen molar-refractivity contribution in [2.45, 2.75) is 110 Å². The van der Waals surface area contributed by atoms with Crippen molar-refractivity contribution < 1.29 is 24.2 Å². The van der Waals surface area contributed by atoms with Gasteiger partial charge in [-0.2, -0.15) is 0 Å². The zero-order valence-electron chi connectivity index (χ0n) is 18.7. The SMILES string of the molecule is CCCCCCCCCCCCCCCCCCOCCOC(=O)/C=C\C(=O)O. The largest absolute Gasteiger partial charge is 0.478 e. The summed E-state index contributed by atoms with van der Waals surface area (Å²) in [6.07, 6.45) is 23.2. The molecule has 0 aromatic heterocycles. The summed E-state index contributed by atoms with van der Waals surface area (Å²) in [5, 5.41) is 8.38. The van der Waals surface area contributed by atoms with Crippen molar-refractivity contribution in [2.24, 2.45) is 0 Å². The Hall–Kier alpha value is -1.36. The number of carbonyl (C=O) groups is 2. The number of hydrogen-bond acceptors (Lipinski definition) is 4. The quantitative estimate of drug-likeness (QED) is 0.126. The molecule has 0 heterocycles. The van der Waals surface area contributed by atoms with Crippen molar-refractivity contribution in [1.82, 2.24) is 0 Å². The van der Waals surface area contributed by atoms with Crippen LogP contribution in [0.25, 0.3) is 0 Å². The molecule has 0 aliphatic heterocycles. The first-order valence-electron chi connectivity index (χ1n) is 11.8. The van der Waals surface area contributed by atoms with Crippen LogP contribution in [0.15, 0.2) is 12.2 Å². The summed E-state index contributed by atoms with van der Waals surface area (Å²) in [6, 6.07) is 0. The van der Waals surface area contributed by atoms with Gasteiger partial charge in [-0.15, -0.1) is 0 Å². The van der Waals surface area contributed by atoms with E-state index < -0.39 is 11.9 Å². The van der Waals surface area contributed by atoms with Gasteiger partial charge in [0.25, 0.3) is 0 Å². The fourth-order valence-electron chi connectivity index (χ4n) is 3.24. The van der Waals surface area contributed by atoms with Crippen LogP contribution in [-0.4, -0.2) is 36.9 Å². The normalized spacial score (nSPS) is 11.2. The summed E-state index contributed by atoms with van der Waals surface area (Å²) >= 11 is 0. The highest BCUT2D eigenvalue weighted by Gasteiger charge is 1.98. The molecule has 5 heteroatoms. The number of rotatable bonds is 22. The third-order valence-electron chi connectivity index (χ3n) is 4.98. The Bertz CT molecular complexity index is 406. The summed E-state index contributed by atoms with van der Waals surface area (Å²) in [6.45, 7) is 3.46. The van der Waals surface area contributed by atoms with Crippen LogP contribution in [0.4, 0.5) is 0 Å². The highest BCUT2D eigenvalue weighted by atomic mass is 16.6. The van der Waals surface area contributed by atoms with E-state index in [2.05, 4.69) is 6.92 Å². The fraction of sp³-hybridized carbons (Fsp3) is 0.833. The van der Waals surface area contributed by atoms with Gasteiger partial charge in [0.2, 0.25) is 0 Å². The predicted octanol–water partition coefficient (Wildman–Crippen LogP) is 6.45. The summed E-state index contributed by atoms with van der Waals surface area (Å²) in [5.41, 5.74) is 0. The zero-order chi connectivity index (χ0) is 21.4. The molecule has 0 radical (unpaired) electrons.